The zero-order valence-corrected chi connectivity index (χ0v) is 14.6. The number of carbonyl (C=O) groups excluding carboxylic acids is 1. The lowest BCUT2D eigenvalue weighted by molar-refractivity contribution is 0.0379. The first-order chi connectivity index (χ1) is 11.4. The second-order valence-corrected chi connectivity index (χ2v) is 7.21. The molecule has 2 atom stereocenters. The maximum Gasteiger partial charge on any atom is 0.325 e. The first-order valence-corrected chi connectivity index (χ1v) is 8.42. The highest BCUT2D eigenvalue weighted by atomic mass is 35.5. The molecule has 2 bridgehead atoms. The van der Waals surface area contributed by atoms with Crippen molar-refractivity contribution in [1.82, 2.24) is 5.32 Å². The third kappa shape index (κ3) is 2.25. The Morgan fingerprint density at radius 2 is 2.00 bits per heavy atom. The monoisotopic (exact) mass is 342 g/mol. The number of urea groups is 1. The largest absolute Gasteiger partial charge is 0.467 e. The third-order valence-electron chi connectivity index (χ3n) is 4.98. The number of amides is 2. The van der Waals surface area contributed by atoms with Crippen molar-refractivity contribution < 1.29 is 9.53 Å². The van der Waals surface area contributed by atoms with Crippen molar-refractivity contribution in [2.45, 2.75) is 39.0 Å². The van der Waals surface area contributed by atoms with Crippen molar-refractivity contribution in [2.75, 3.05) is 4.90 Å². The molecule has 24 heavy (non-hydrogen) atoms. The van der Waals surface area contributed by atoms with Gasteiger partial charge in [0.05, 0.1) is 6.04 Å². The Bertz CT molecular complexity index is 851. The number of halogens is 1. The van der Waals surface area contributed by atoms with E-state index in [1.807, 2.05) is 50.2 Å². The Labute approximate surface area is 146 Å². The molecule has 0 saturated carbocycles. The zero-order valence-electron chi connectivity index (χ0n) is 13.9. The summed E-state index contributed by atoms with van der Waals surface area (Å²) in [7, 11) is 0. The van der Waals surface area contributed by atoms with Crippen molar-refractivity contribution in [3.05, 3.63) is 58.1 Å². The quantitative estimate of drug-likeness (QED) is 0.814. The molecule has 1 unspecified atom stereocenters. The van der Waals surface area contributed by atoms with Crippen LogP contribution in [0.1, 0.15) is 36.1 Å². The van der Waals surface area contributed by atoms with Crippen LogP contribution in [0.3, 0.4) is 0 Å². The molecular weight excluding hydrogens is 324 g/mol. The van der Waals surface area contributed by atoms with E-state index in [4.69, 9.17) is 16.3 Å². The van der Waals surface area contributed by atoms with Gasteiger partial charge >= 0.3 is 6.03 Å². The molecule has 1 saturated heterocycles. The minimum Gasteiger partial charge on any atom is -0.467 e. The summed E-state index contributed by atoms with van der Waals surface area (Å²) < 4.78 is 6.26. The van der Waals surface area contributed by atoms with Gasteiger partial charge < -0.3 is 10.1 Å². The Morgan fingerprint density at radius 1 is 1.21 bits per heavy atom. The van der Waals surface area contributed by atoms with Gasteiger partial charge in [-0.2, -0.15) is 0 Å². The Morgan fingerprint density at radius 3 is 2.75 bits per heavy atom. The first kappa shape index (κ1) is 15.3. The molecule has 2 aliphatic heterocycles. The second kappa shape index (κ2) is 5.15. The molecule has 4 rings (SSSR count). The Balaban J connectivity index is 1.80. The number of anilines is 1. The number of hydrogen-bond acceptors (Lipinski definition) is 2. The molecule has 2 aliphatic rings. The number of benzene rings is 2. The van der Waals surface area contributed by atoms with Crippen LogP contribution in [0.2, 0.25) is 5.02 Å². The number of aryl methyl sites for hydroxylation is 2. The highest BCUT2D eigenvalue weighted by Crippen LogP contribution is 2.46. The fourth-order valence-corrected chi connectivity index (χ4v) is 3.78. The van der Waals surface area contributed by atoms with Crippen LogP contribution in [0.25, 0.3) is 0 Å². The summed E-state index contributed by atoms with van der Waals surface area (Å²) in [6.07, 6.45) is 0.666. The van der Waals surface area contributed by atoms with Gasteiger partial charge in [-0.15, -0.1) is 0 Å². The van der Waals surface area contributed by atoms with E-state index in [1.54, 1.807) is 4.90 Å². The minimum absolute atomic E-state index is 0.0901. The summed E-state index contributed by atoms with van der Waals surface area (Å²) >= 11 is 6.10. The summed E-state index contributed by atoms with van der Waals surface area (Å²) in [5.74, 6) is 0.770. The van der Waals surface area contributed by atoms with Crippen LogP contribution < -0.4 is 15.0 Å². The summed E-state index contributed by atoms with van der Waals surface area (Å²) in [5, 5.41) is 3.73. The van der Waals surface area contributed by atoms with Crippen molar-refractivity contribution in [3.63, 3.8) is 0 Å². The van der Waals surface area contributed by atoms with Gasteiger partial charge in [-0.1, -0.05) is 17.7 Å². The highest BCUT2D eigenvalue weighted by Gasteiger charge is 2.49. The minimum atomic E-state index is -0.727. The molecule has 4 nitrogen and oxygen atoms in total. The van der Waals surface area contributed by atoms with E-state index < -0.39 is 5.72 Å². The number of nitrogens with one attached hydrogen (secondary N) is 1. The fraction of sp³-hybridized carbons (Fsp3) is 0.316. The second-order valence-electron chi connectivity index (χ2n) is 6.77. The molecule has 124 valence electrons. The predicted octanol–water partition coefficient (Wildman–Crippen LogP) is 4.73. The molecule has 0 spiro atoms. The molecule has 5 heteroatoms. The van der Waals surface area contributed by atoms with E-state index >= 15 is 0 Å². The molecular formula is C19H19ClN2O2. The molecule has 2 aromatic carbocycles. The van der Waals surface area contributed by atoms with Gasteiger partial charge in [0.15, 0.2) is 5.72 Å². The average Bonchev–Trinajstić information content (AvgIpc) is 2.51. The van der Waals surface area contributed by atoms with E-state index in [1.165, 1.54) is 5.56 Å². The van der Waals surface area contributed by atoms with Crippen LogP contribution in [0.4, 0.5) is 10.5 Å². The molecule has 1 fully saturated rings. The Kier molecular flexibility index (Phi) is 3.29. The zero-order chi connectivity index (χ0) is 17.1. The molecule has 1 N–H and O–H groups in total. The maximum absolute atomic E-state index is 12.8. The van der Waals surface area contributed by atoms with E-state index in [0.717, 1.165) is 22.6 Å². The first-order valence-electron chi connectivity index (χ1n) is 8.04. The SMILES string of the molecule is Cc1ccc(N2C(=O)NC3C[C@]2(C)Oc2ccc(Cl)cc23)cc1C. The average molecular weight is 343 g/mol. The van der Waals surface area contributed by atoms with E-state index in [2.05, 4.69) is 12.2 Å². The molecule has 0 aromatic heterocycles. The molecule has 0 radical (unpaired) electrons. The molecule has 2 heterocycles. The van der Waals surface area contributed by atoms with Crippen molar-refractivity contribution in [1.29, 1.82) is 0 Å². The third-order valence-corrected chi connectivity index (χ3v) is 5.22. The summed E-state index contributed by atoms with van der Waals surface area (Å²) in [5.41, 5.74) is 3.40. The summed E-state index contributed by atoms with van der Waals surface area (Å²) in [6, 6.07) is 11.3. The molecule has 2 amide bonds. The normalized spacial score (nSPS) is 24.9. The number of fused-ring (bicyclic) bond motifs is 4. The van der Waals surface area contributed by atoms with Crippen molar-refractivity contribution in [2.24, 2.45) is 0 Å². The molecule has 0 aliphatic carbocycles. The topological polar surface area (TPSA) is 41.6 Å². The van der Waals surface area contributed by atoms with E-state index in [9.17, 15) is 4.79 Å². The number of nitrogens with zero attached hydrogens (tertiary/aromatic N) is 1. The van der Waals surface area contributed by atoms with Gasteiger partial charge in [-0.25, -0.2) is 4.79 Å². The molecule has 2 aromatic rings. The van der Waals surface area contributed by atoms with Crippen LogP contribution in [-0.4, -0.2) is 11.8 Å². The summed E-state index contributed by atoms with van der Waals surface area (Å²) in [6.45, 7) is 6.07. The Hall–Kier alpha value is -2.20. The van der Waals surface area contributed by atoms with Crippen LogP contribution in [-0.2, 0) is 0 Å². The van der Waals surface area contributed by atoms with Gasteiger partial charge in [0.25, 0.3) is 0 Å². The van der Waals surface area contributed by atoms with Crippen molar-refractivity contribution in [3.8, 4) is 5.75 Å². The van der Waals surface area contributed by atoms with Gasteiger partial charge in [-0.05, 0) is 62.2 Å². The highest BCUT2D eigenvalue weighted by molar-refractivity contribution is 6.30. The van der Waals surface area contributed by atoms with Gasteiger partial charge in [-0.3, -0.25) is 4.90 Å². The van der Waals surface area contributed by atoms with Crippen LogP contribution in [0.5, 0.6) is 5.75 Å². The van der Waals surface area contributed by atoms with Crippen LogP contribution in [0, 0.1) is 13.8 Å². The lowest BCUT2D eigenvalue weighted by Gasteiger charge is -2.50. The van der Waals surface area contributed by atoms with Crippen LogP contribution >= 0.6 is 11.6 Å². The lowest BCUT2D eigenvalue weighted by atomic mass is 9.90. The van der Waals surface area contributed by atoms with Gasteiger partial charge in [0, 0.05) is 22.7 Å². The van der Waals surface area contributed by atoms with E-state index in [0.29, 0.717) is 11.4 Å². The van der Waals surface area contributed by atoms with Crippen molar-refractivity contribution >= 4 is 23.3 Å². The fourth-order valence-electron chi connectivity index (χ4n) is 3.60. The van der Waals surface area contributed by atoms with Crippen LogP contribution in [0.15, 0.2) is 36.4 Å². The number of hydrogen-bond donors (Lipinski definition) is 1. The maximum atomic E-state index is 12.8. The smallest absolute Gasteiger partial charge is 0.325 e. The number of ether oxygens (including phenoxy) is 1. The van der Waals surface area contributed by atoms with E-state index in [-0.39, 0.29) is 12.1 Å². The standard InChI is InChI=1S/C19H19ClN2O2/c1-11-4-6-14(8-12(11)2)22-18(23)21-16-10-19(22,3)24-17-7-5-13(20)9-15(16)17/h4-9,16H,10H2,1-3H3,(H,21,23)/t16?,19-/m0/s1. The number of carbonyl (C=O) groups is 1. The summed E-state index contributed by atoms with van der Waals surface area (Å²) in [4.78, 5) is 14.5. The number of rotatable bonds is 1. The predicted molar refractivity (Wildman–Crippen MR) is 94.8 cm³/mol. The van der Waals surface area contributed by atoms with Gasteiger partial charge in [0.2, 0.25) is 0 Å². The lowest BCUT2D eigenvalue weighted by Crippen LogP contribution is -2.65. The van der Waals surface area contributed by atoms with Gasteiger partial charge in [0.1, 0.15) is 5.75 Å².